The van der Waals surface area contributed by atoms with E-state index in [1.807, 2.05) is 40.2 Å². The number of nitrogens with one attached hydrogen (secondary N) is 1. The Morgan fingerprint density at radius 1 is 1.15 bits per heavy atom. The first-order valence-corrected chi connectivity index (χ1v) is 15.0. The number of nitrogens with zero attached hydrogens (tertiary/aromatic N) is 5. The van der Waals surface area contributed by atoms with E-state index < -0.39 is 0 Å². The number of fused-ring (bicyclic) bond motifs is 1. The average molecular weight is 555 g/mol. The van der Waals surface area contributed by atoms with Crippen molar-refractivity contribution in [3.8, 4) is 5.88 Å². The van der Waals surface area contributed by atoms with Crippen LogP contribution in [-0.2, 0) is 24.7 Å². The molecule has 1 aliphatic heterocycles. The molecule has 0 radical (unpaired) electrons. The third kappa shape index (κ3) is 11.2. The second-order valence-electron chi connectivity index (χ2n) is 10.0. The second-order valence-corrected chi connectivity index (χ2v) is 10.0. The molecule has 0 bridgehead atoms. The van der Waals surface area contributed by atoms with Crippen LogP contribution in [0.1, 0.15) is 91.0 Å². The number of rotatable bonds is 8. The van der Waals surface area contributed by atoms with Crippen molar-refractivity contribution in [1.29, 1.82) is 0 Å². The highest BCUT2D eigenvalue weighted by Gasteiger charge is 2.19. The molecular formula is C32H54N6O2. The standard InChI is InChI=1S/C14H23N3.C11H15N3O.C5H10O.C2H6/c1-4-5-13-12(3)16-7-6-14(13)17-9-8-15-11(2)10-17;1-4-5-8-6-9-7-14(2)13-10(9)12-11(8)15-3;1-3-4-5(2)6;1-2/h6-7,11,15H,4-5,8-10H2,1-3H3;6-7H,4-5H2,1-3H3;3-4H2,1-2H3;1-2H3. The molecule has 0 amide bonds. The Labute approximate surface area is 242 Å². The van der Waals surface area contributed by atoms with Crippen LogP contribution < -0.4 is 15.0 Å². The maximum atomic E-state index is 10.0. The van der Waals surface area contributed by atoms with Gasteiger partial charge in [0.25, 0.3) is 0 Å². The maximum absolute atomic E-state index is 10.0. The Balaban J connectivity index is 0.000000319. The summed E-state index contributed by atoms with van der Waals surface area (Å²) >= 11 is 0. The van der Waals surface area contributed by atoms with E-state index in [2.05, 4.69) is 65.1 Å². The molecule has 3 aromatic rings. The van der Waals surface area contributed by atoms with E-state index in [0.717, 1.165) is 68.3 Å². The number of aryl methyl sites for hydroxylation is 3. The van der Waals surface area contributed by atoms with Gasteiger partial charge in [-0.1, -0.05) is 47.5 Å². The van der Waals surface area contributed by atoms with Crippen molar-refractivity contribution in [3.05, 3.63) is 41.3 Å². The molecule has 8 heteroatoms. The summed E-state index contributed by atoms with van der Waals surface area (Å²) in [5, 5.41) is 8.81. The molecule has 1 N–H and O–H groups in total. The Hall–Kier alpha value is -3.00. The van der Waals surface area contributed by atoms with Gasteiger partial charge in [0, 0.05) is 73.9 Å². The number of hydrogen-bond donors (Lipinski definition) is 1. The number of pyridine rings is 2. The van der Waals surface area contributed by atoms with Gasteiger partial charge in [-0.25, -0.2) is 0 Å². The molecule has 3 aromatic heterocycles. The van der Waals surface area contributed by atoms with E-state index in [1.54, 1.807) is 18.7 Å². The molecule has 1 unspecified atom stereocenters. The monoisotopic (exact) mass is 554 g/mol. The third-order valence-electron chi connectivity index (χ3n) is 6.42. The molecule has 1 atom stereocenters. The van der Waals surface area contributed by atoms with Crippen LogP contribution in [0.15, 0.2) is 24.5 Å². The van der Waals surface area contributed by atoms with Crippen LogP contribution in [0.5, 0.6) is 5.88 Å². The molecule has 1 saturated heterocycles. The summed E-state index contributed by atoms with van der Waals surface area (Å²) < 4.78 is 7.03. The molecule has 4 heterocycles. The highest BCUT2D eigenvalue weighted by molar-refractivity contribution is 5.76. The fourth-order valence-corrected chi connectivity index (χ4v) is 4.67. The van der Waals surface area contributed by atoms with Crippen LogP contribution in [0.2, 0.25) is 0 Å². The minimum Gasteiger partial charge on any atom is -0.481 e. The van der Waals surface area contributed by atoms with Crippen LogP contribution in [0.3, 0.4) is 0 Å². The van der Waals surface area contributed by atoms with Crippen molar-refractivity contribution in [1.82, 2.24) is 25.1 Å². The number of ether oxygens (including phenoxy) is 1. The molecule has 224 valence electrons. The highest BCUT2D eigenvalue weighted by atomic mass is 16.5. The van der Waals surface area contributed by atoms with E-state index in [9.17, 15) is 4.79 Å². The number of ketones is 1. The summed E-state index contributed by atoms with van der Waals surface area (Å²) in [5.74, 6) is 0.987. The van der Waals surface area contributed by atoms with Crippen molar-refractivity contribution >= 4 is 22.5 Å². The van der Waals surface area contributed by atoms with E-state index in [0.29, 0.717) is 11.9 Å². The number of piperazine rings is 1. The molecule has 4 rings (SSSR count). The van der Waals surface area contributed by atoms with Crippen LogP contribution >= 0.6 is 0 Å². The van der Waals surface area contributed by atoms with Crippen LogP contribution in [0.25, 0.3) is 11.0 Å². The molecule has 0 aromatic carbocycles. The average Bonchev–Trinajstić information content (AvgIpc) is 3.30. The predicted molar refractivity (Wildman–Crippen MR) is 169 cm³/mol. The SMILES string of the molecule is CC.CCCC(C)=O.CCCc1c(N2CCNC(C)C2)ccnc1C.CCCc1cc2cn(C)nc2nc1OC. The molecule has 8 nitrogen and oxygen atoms in total. The van der Waals surface area contributed by atoms with Crippen molar-refractivity contribution in [2.75, 3.05) is 31.6 Å². The van der Waals surface area contributed by atoms with E-state index in [-0.39, 0.29) is 5.78 Å². The number of carbonyl (C=O) groups excluding carboxylic acids is 1. The summed E-state index contributed by atoms with van der Waals surface area (Å²) in [6.07, 6.45) is 10.0. The van der Waals surface area contributed by atoms with E-state index in [1.165, 1.54) is 23.4 Å². The third-order valence-corrected chi connectivity index (χ3v) is 6.42. The fraction of sp³-hybridized carbons (Fsp3) is 0.625. The van der Waals surface area contributed by atoms with Gasteiger partial charge >= 0.3 is 0 Å². The lowest BCUT2D eigenvalue weighted by Crippen LogP contribution is -2.49. The smallest absolute Gasteiger partial charge is 0.218 e. The van der Waals surface area contributed by atoms with Gasteiger partial charge in [-0.05, 0) is 57.7 Å². The van der Waals surface area contributed by atoms with Crippen LogP contribution in [-0.4, -0.2) is 58.3 Å². The number of aromatic nitrogens is 4. The zero-order valence-electron chi connectivity index (χ0n) is 26.8. The van der Waals surface area contributed by atoms with Crippen LogP contribution in [0.4, 0.5) is 5.69 Å². The van der Waals surface area contributed by atoms with Gasteiger partial charge in [0.2, 0.25) is 5.88 Å². The molecule has 1 aliphatic rings. The Morgan fingerprint density at radius 3 is 2.40 bits per heavy atom. The summed E-state index contributed by atoms with van der Waals surface area (Å²) in [7, 11) is 3.55. The minimum atomic E-state index is 0.289. The first kappa shape index (κ1) is 35.0. The molecule has 1 fully saturated rings. The van der Waals surface area contributed by atoms with Crippen molar-refractivity contribution in [2.24, 2.45) is 7.05 Å². The Kier molecular flexibility index (Phi) is 16.8. The van der Waals surface area contributed by atoms with Gasteiger partial charge < -0.3 is 19.7 Å². The molecule has 40 heavy (non-hydrogen) atoms. The van der Waals surface area contributed by atoms with E-state index >= 15 is 0 Å². The zero-order chi connectivity index (χ0) is 30.1. The van der Waals surface area contributed by atoms with Gasteiger partial charge in [-0.3, -0.25) is 9.67 Å². The number of hydrogen-bond acceptors (Lipinski definition) is 7. The lowest BCUT2D eigenvalue weighted by atomic mass is 10.0. The largest absolute Gasteiger partial charge is 0.481 e. The van der Waals surface area contributed by atoms with Gasteiger partial charge in [0.05, 0.1) is 7.11 Å². The molecule has 0 saturated carbocycles. The first-order valence-electron chi connectivity index (χ1n) is 15.0. The van der Waals surface area contributed by atoms with Crippen molar-refractivity contribution < 1.29 is 9.53 Å². The van der Waals surface area contributed by atoms with Crippen molar-refractivity contribution in [2.45, 2.75) is 100.0 Å². The zero-order valence-corrected chi connectivity index (χ0v) is 26.8. The van der Waals surface area contributed by atoms with Crippen molar-refractivity contribution in [3.63, 3.8) is 0 Å². The first-order chi connectivity index (χ1) is 19.2. The summed E-state index contributed by atoms with van der Waals surface area (Å²) in [4.78, 5) is 21.4. The maximum Gasteiger partial charge on any atom is 0.218 e. The number of Topliss-reactive ketones (excluding diaryl/α,β-unsaturated/α-hetero) is 1. The van der Waals surface area contributed by atoms with Gasteiger partial charge in [0.15, 0.2) is 5.65 Å². The lowest BCUT2D eigenvalue weighted by molar-refractivity contribution is -0.117. The van der Waals surface area contributed by atoms with E-state index in [4.69, 9.17) is 4.74 Å². The lowest BCUT2D eigenvalue weighted by Gasteiger charge is -2.35. The fourth-order valence-electron chi connectivity index (χ4n) is 4.67. The Morgan fingerprint density at radius 2 is 1.85 bits per heavy atom. The predicted octanol–water partition coefficient (Wildman–Crippen LogP) is 6.47. The quantitative estimate of drug-likeness (QED) is 0.341. The molecule has 0 spiro atoms. The van der Waals surface area contributed by atoms with Crippen LogP contribution in [0, 0.1) is 6.92 Å². The second kappa shape index (κ2) is 19.1. The van der Waals surface area contributed by atoms with Gasteiger partial charge in [-0.15, -0.1) is 0 Å². The van der Waals surface area contributed by atoms with Gasteiger partial charge in [0.1, 0.15) is 5.78 Å². The number of carbonyl (C=O) groups is 1. The summed E-state index contributed by atoms with van der Waals surface area (Å²) in [6, 6.07) is 4.86. The Bertz CT molecular complexity index is 1140. The number of anilines is 1. The molecular weight excluding hydrogens is 500 g/mol. The minimum absolute atomic E-state index is 0.289. The highest BCUT2D eigenvalue weighted by Crippen LogP contribution is 2.25. The topological polar surface area (TPSA) is 85.2 Å². The summed E-state index contributed by atoms with van der Waals surface area (Å²) in [6.45, 7) is 19.6. The summed E-state index contributed by atoms with van der Waals surface area (Å²) in [5.41, 5.74) is 5.92. The normalized spacial score (nSPS) is 14.2. The molecule has 0 aliphatic carbocycles. The van der Waals surface area contributed by atoms with Gasteiger partial charge in [-0.2, -0.15) is 10.1 Å². The number of methoxy groups -OCH3 is 1.